The molecular weight excluding hydrogens is 298 g/mol. The molecule has 3 rings (SSSR count). The average Bonchev–Trinajstić information content (AvgIpc) is 2.63. The average molecular weight is 319 g/mol. The molecule has 3 aromatic rings. The van der Waals surface area contributed by atoms with Crippen molar-refractivity contribution in [3.63, 3.8) is 0 Å². The number of rotatable bonds is 6. The predicted molar refractivity (Wildman–Crippen MR) is 97.9 cm³/mol. The van der Waals surface area contributed by atoms with Gasteiger partial charge < -0.3 is 15.8 Å². The van der Waals surface area contributed by atoms with Crippen LogP contribution in [0.15, 0.2) is 72.9 Å². The van der Waals surface area contributed by atoms with E-state index in [2.05, 4.69) is 41.5 Å². The fourth-order valence-corrected chi connectivity index (χ4v) is 2.45. The second-order valence-corrected chi connectivity index (χ2v) is 5.65. The Kier molecular flexibility index (Phi) is 4.96. The van der Waals surface area contributed by atoms with Crippen LogP contribution in [0, 0.1) is 0 Å². The van der Waals surface area contributed by atoms with Gasteiger partial charge in [-0.1, -0.05) is 42.5 Å². The summed E-state index contributed by atoms with van der Waals surface area (Å²) in [6, 6.07) is 22.2. The zero-order valence-corrected chi connectivity index (χ0v) is 13.6. The van der Waals surface area contributed by atoms with Gasteiger partial charge in [0, 0.05) is 12.2 Å². The molecule has 0 aliphatic heterocycles. The number of ether oxygens (including phenoxy) is 1. The van der Waals surface area contributed by atoms with Crippen LogP contribution in [-0.2, 0) is 6.61 Å². The molecule has 0 aliphatic rings. The molecular formula is C20H21N3O. The number of hydrogen-bond acceptors (Lipinski definition) is 4. The normalized spacial score (nSPS) is 11.7. The minimum absolute atomic E-state index is 0.125. The summed E-state index contributed by atoms with van der Waals surface area (Å²) in [5, 5.41) is 3.38. The minimum Gasteiger partial charge on any atom is -0.489 e. The van der Waals surface area contributed by atoms with Crippen molar-refractivity contribution in [1.82, 2.24) is 4.98 Å². The van der Waals surface area contributed by atoms with Crippen molar-refractivity contribution in [1.29, 1.82) is 0 Å². The molecule has 0 radical (unpaired) electrons. The smallest absolute Gasteiger partial charge is 0.146 e. The van der Waals surface area contributed by atoms with E-state index in [0.717, 1.165) is 22.6 Å². The second kappa shape index (κ2) is 7.51. The van der Waals surface area contributed by atoms with Gasteiger partial charge in [0.05, 0.1) is 5.69 Å². The first-order valence-corrected chi connectivity index (χ1v) is 7.96. The van der Waals surface area contributed by atoms with E-state index < -0.39 is 0 Å². The second-order valence-electron chi connectivity index (χ2n) is 5.65. The Labute approximate surface area is 142 Å². The van der Waals surface area contributed by atoms with Crippen molar-refractivity contribution in [2.75, 3.05) is 11.1 Å². The van der Waals surface area contributed by atoms with Crippen LogP contribution in [0.4, 0.5) is 11.5 Å². The van der Waals surface area contributed by atoms with Gasteiger partial charge in [-0.2, -0.15) is 0 Å². The Bertz CT molecular complexity index is 772. The highest BCUT2D eigenvalue weighted by atomic mass is 16.5. The van der Waals surface area contributed by atoms with Crippen LogP contribution in [0.25, 0.3) is 0 Å². The quantitative estimate of drug-likeness (QED) is 0.706. The number of benzene rings is 2. The molecule has 0 spiro atoms. The number of pyridine rings is 1. The van der Waals surface area contributed by atoms with E-state index in [9.17, 15) is 0 Å². The minimum atomic E-state index is 0.125. The summed E-state index contributed by atoms with van der Waals surface area (Å²) in [7, 11) is 0. The SMILES string of the molecule is CC(Nc1cccnc1N)c1ccc(OCc2ccccc2)cc1. The maximum absolute atomic E-state index is 5.87. The molecule has 24 heavy (non-hydrogen) atoms. The van der Waals surface area contributed by atoms with Crippen molar-refractivity contribution < 1.29 is 4.74 Å². The number of nitrogens with zero attached hydrogens (tertiary/aromatic N) is 1. The van der Waals surface area contributed by atoms with Crippen molar-refractivity contribution >= 4 is 11.5 Å². The first-order chi connectivity index (χ1) is 11.7. The molecule has 4 nitrogen and oxygen atoms in total. The maximum Gasteiger partial charge on any atom is 0.146 e. The molecule has 1 atom stereocenters. The number of nitrogens with one attached hydrogen (secondary N) is 1. The monoisotopic (exact) mass is 319 g/mol. The summed E-state index contributed by atoms with van der Waals surface area (Å²) in [5.74, 6) is 1.36. The van der Waals surface area contributed by atoms with Crippen molar-refractivity contribution in [2.45, 2.75) is 19.6 Å². The van der Waals surface area contributed by atoms with E-state index in [-0.39, 0.29) is 6.04 Å². The van der Waals surface area contributed by atoms with E-state index in [1.807, 2.05) is 42.5 Å². The molecule has 1 aromatic heterocycles. The van der Waals surface area contributed by atoms with Gasteiger partial charge in [0.2, 0.25) is 0 Å². The number of nitrogens with two attached hydrogens (primary N) is 1. The third-order valence-electron chi connectivity index (χ3n) is 3.84. The topological polar surface area (TPSA) is 60.2 Å². The molecule has 1 heterocycles. The Hall–Kier alpha value is -3.01. The lowest BCUT2D eigenvalue weighted by molar-refractivity contribution is 0.306. The van der Waals surface area contributed by atoms with Gasteiger partial charge in [0.1, 0.15) is 18.2 Å². The lowest BCUT2D eigenvalue weighted by Gasteiger charge is -2.17. The lowest BCUT2D eigenvalue weighted by Crippen LogP contribution is -2.09. The van der Waals surface area contributed by atoms with Crippen molar-refractivity contribution in [3.8, 4) is 5.75 Å². The van der Waals surface area contributed by atoms with Crippen LogP contribution in [-0.4, -0.2) is 4.98 Å². The Morgan fingerprint density at radius 3 is 2.46 bits per heavy atom. The standard InChI is InChI=1S/C20H21N3O/c1-15(23-19-8-5-13-22-20(19)21)17-9-11-18(12-10-17)24-14-16-6-3-2-4-7-16/h2-13,15,23H,14H2,1H3,(H2,21,22). The zero-order valence-electron chi connectivity index (χ0n) is 13.6. The first kappa shape index (κ1) is 15.9. The van der Waals surface area contributed by atoms with E-state index in [1.54, 1.807) is 6.20 Å². The highest BCUT2D eigenvalue weighted by Gasteiger charge is 2.08. The molecule has 0 bridgehead atoms. The van der Waals surface area contributed by atoms with Crippen LogP contribution in [0.2, 0.25) is 0 Å². The molecule has 0 fully saturated rings. The first-order valence-electron chi connectivity index (χ1n) is 7.96. The van der Waals surface area contributed by atoms with Crippen molar-refractivity contribution in [3.05, 3.63) is 84.1 Å². The number of hydrogen-bond donors (Lipinski definition) is 2. The molecule has 0 aliphatic carbocycles. The van der Waals surface area contributed by atoms with Gasteiger partial charge in [-0.3, -0.25) is 0 Å². The van der Waals surface area contributed by atoms with Gasteiger partial charge in [-0.25, -0.2) is 4.98 Å². The van der Waals surface area contributed by atoms with Crippen molar-refractivity contribution in [2.24, 2.45) is 0 Å². The fraction of sp³-hybridized carbons (Fsp3) is 0.150. The summed E-state index contributed by atoms with van der Waals surface area (Å²) in [4.78, 5) is 4.09. The predicted octanol–water partition coefficient (Wildman–Crippen LogP) is 4.42. The molecule has 0 saturated carbocycles. The number of nitrogen functional groups attached to an aromatic ring is 1. The molecule has 122 valence electrons. The third kappa shape index (κ3) is 4.04. The van der Waals surface area contributed by atoms with Crippen LogP contribution in [0.3, 0.4) is 0 Å². The summed E-state index contributed by atoms with van der Waals surface area (Å²) in [6.45, 7) is 2.66. The maximum atomic E-state index is 5.87. The number of aromatic nitrogens is 1. The zero-order chi connectivity index (χ0) is 16.8. The van der Waals surface area contributed by atoms with Crippen LogP contribution < -0.4 is 15.8 Å². The van der Waals surface area contributed by atoms with Gasteiger partial charge in [0.15, 0.2) is 0 Å². The van der Waals surface area contributed by atoms with E-state index in [1.165, 1.54) is 0 Å². The molecule has 3 N–H and O–H groups in total. The largest absolute Gasteiger partial charge is 0.489 e. The van der Waals surface area contributed by atoms with E-state index in [4.69, 9.17) is 10.5 Å². The Morgan fingerprint density at radius 2 is 1.75 bits per heavy atom. The molecule has 2 aromatic carbocycles. The lowest BCUT2D eigenvalue weighted by atomic mass is 10.1. The summed E-state index contributed by atoms with van der Waals surface area (Å²) < 4.78 is 5.81. The Balaban J connectivity index is 1.60. The van der Waals surface area contributed by atoms with Crippen LogP contribution >= 0.6 is 0 Å². The molecule has 4 heteroatoms. The summed E-state index contributed by atoms with van der Waals surface area (Å²) >= 11 is 0. The fourth-order valence-electron chi connectivity index (χ4n) is 2.45. The van der Waals surface area contributed by atoms with Gasteiger partial charge in [-0.05, 0) is 42.3 Å². The van der Waals surface area contributed by atoms with Gasteiger partial charge in [-0.15, -0.1) is 0 Å². The highest BCUT2D eigenvalue weighted by molar-refractivity contribution is 5.61. The molecule has 1 unspecified atom stereocenters. The molecule has 0 amide bonds. The molecule has 0 saturated heterocycles. The van der Waals surface area contributed by atoms with E-state index >= 15 is 0 Å². The summed E-state index contributed by atoms with van der Waals surface area (Å²) in [6.07, 6.45) is 1.68. The van der Waals surface area contributed by atoms with Gasteiger partial charge >= 0.3 is 0 Å². The third-order valence-corrected chi connectivity index (χ3v) is 3.84. The van der Waals surface area contributed by atoms with Crippen LogP contribution in [0.5, 0.6) is 5.75 Å². The van der Waals surface area contributed by atoms with E-state index in [0.29, 0.717) is 12.4 Å². The Morgan fingerprint density at radius 1 is 1.00 bits per heavy atom. The highest BCUT2D eigenvalue weighted by Crippen LogP contribution is 2.24. The summed E-state index contributed by atoms with van der Waals surface area (Å²) in [5.41, 5.74) is 9.03. The van der Waals surface area contributed by atoms with Crippen LogP contribution in [0.1, 0.15) is 24.1 Å². The number of anilines is 2. The van der Waals surface area contributed by atoms with Gasteiger partial charge in [0.25, 0.3) is 0 Å².